The number of nitrogens with zero attached hydrogens (tertiary/aromatic N) is 6. The van der Waals surface area contributed by atoms with Gasteiger partial charge in [0.1, 0.15) is 18.1 Å². The SMILES string of the molecule is CC1N(CCC(C)(C)O)N=CC1(C)c1onc(-c2cccc(OCCN(C)C)c2Cl)c1-c1ncccn1. The van der Waals surface area contributed by atoms with Crippen molar-refractivity contribution in [2.45, 2.75) is 51.2 Å². The highest BCUT2D eigenvalue weighted by molar-refractivity contribution is 6.35. The molecule has 1 aliphatic rings. The van der Waals surface area contributed by atoms with Crippen LogP contribution in [-0.2, 0) is 5.41 Å². The number of rotatable bonds is 10. The molecular formula is C27H35ClN6O3. The number of hydrogen-bond donors (Lipinski definition) is 1. The maximum absolute atomic E-state index is 10.2. The zero-order chi connectivity index (χ0) is 26.8. The van der Waals surface area contributed by atoms with Gasteiger partial charge in [0.15, 0.2) is 11.6 Å². The summed E-state index contributed by atoms with van der Waals surface area (Å²) in [6.07, 6.45) is 5.84. The van der Waals surface area contributed by atoms with Crippen molar-refractivity contribution in [2.24, 2.45) is 5.10 Å². The summed E-state index contributed by atoms with van der Waals surface area (Å²) in [5.41, 5.74) is 0.476. The Morgan fingerprint density at radius 1 is 1.22 bits per heavy atom. The Balaban J connectivity index is 1.75. The van der Waals surface area contributed by atoms with E-state index in [9.17, 15) is 5.11 Å². The van der Waals surface area contributed by atoms with E-state index in [1.807, 2.05) is 48.4 Å². The van der Waals surface area contributed by atoms with Crippen molar-refractivity contribution in [3.8, 4) is 28.4 Å². The Labute approximate surface area is 223 Å². The molecule has 37 heavy (non-hydrogen) atoms. The number of hydrogen-bond acceptors (Lipinski definition) is 9. The molecule has 4 rings (SSSR count). The van der Waals surface area contributed by atoms with E-state index in [0.29, 0.717) is 58.8 Å². The molecular weight excluding hydrogens is 492 g/mol. The average molecular weight is 527 g/mol. The molecule has 1 aromatic carbocycles. The van der Waals surface area contributed by atoms with Gasteiger partial charge in [-0.15, -0.1) is 0 Å². The van der Waals surface area contributed by atoms with Gasteiger partial charge in [-0.3, -0.25) is 5.01 Å². The summed E-state index contributed by atoms with van der Waals surface area (Å²) in [6, 6.07) is 7.32. The molecule has 198 valence electrons. The number of ether oxygens (including phenoxy) is 1. The first-order chi connectivity index (χ1) is 17.5. The van der Waals surface area contributed by atoms with Gasteiger partial charge in [0, 0.05) is 37.3 Å². The molecule has 2 aromatic heterocycles. The number of aliphatic hydroxyl groups is 1. The first-order valence-corrected chi connectivity index (χ1v) is 12.8. The van der Waals surface area contributed by atoms with E-state index in [1.54, 1.807) is 32.3 Å². The van der Waals surface area contributed by atoms with Crippen LogP contribution in [0.25, 0.3) is 22.6 Å². The normalized spacial score (nSPS) is 19.7. The number of halogens is 1. The number of benzene rings is 1. The van der Waals surface area contributed by atoms with Crippen LogP contribution in [0.3, 0.4) is 0 Å². The lowest BCUT2D eigenvalue weighted by Crippen LogP contribution is -2.42. The summed E-state index contributed by atoms with van der Waals surface area (Å²) in [7, 11) is 3.98. The Bertz CT molecular complexity index is 1240. The molecule has 1 aliphatic heterocycles. The molecule has 2 unspecified atom stereocenters. The number of likely N-dealkylation sites (N-methyl/N-ethyl adjacent to an activating group) is 1. The second-order valence-electron chi connectivity index (χ2n) is 10.5. The molecule has 0 amide bonds. The molecule has 0 saturated carbocycles. The topological polar surface area (TPSA) is 100 Å². The van der Waals surface area contributed by atoms with Crippen LogP contribution in [0.2, 0.25) is 5.02 Å². The summed E-state index contributed by atoms with van der Waals surface area (Å²) in [6.45, 7) is 9.61. The molecule has 9 nitrogen and oxygen atoms in total. The van der Waals surface area contributed by atoms with Crippen LogP contribution in [0.4, 0.5) is 0 Å². The molecule has 0 bridgehead atoms. The molecule has 10 heteroatoms. The highest BCUT2D eigenvalue weighted by Crippen LogP contribution is 2.45. The Kier molecular flexibility index (Phi) is 7.87. The van der Waals surface area contributed by atoms with E-state index in [1.165, 1.54) is 0 Å². The van der Waals surface area contributed by atoms with E-state index in [0.717, 1.165) is 6.54 Å². The van der Waals surface area contributed by atoms with Crippen molar-refractivity contribution in [1.29, 1.82) is 0 Å². The summed E-state index contributed by atoms with van der Waals surface area (Å²) in [5, 5.41) is 21.8. The summed E-state index contributed by atoms with van der Waals surface area (Å²) in [5.74, 6) is 1.66. The zero-order valence-corrected chi connectivity index (χ0v) is 23.0. The van der Waals surface area contributed by atoms with Gasteiger partial charge in [-0.1, -0.05) is 28.9 Å². The average Bonchev–Trinajstić information content (AvgIpc) is 3.41. The lowest BCUT2D eigenvalue weighted by Gasteiger charge is -2.31. The van der Waals surface area contributed by atoms with Crippen LogP contribution in [0.5, 0.6) is 5.75 Å². The third-order valence-electron chi connectivity index (χ3n) is 6.73. The lowest BCUT2D eigenvalue weighted by molar-refractivity contribution is 0.0513. The Morgan fingerprint density at radius 2 is 1.95 bits per heavy atom. The van der Waals surface area contributed by atoms with Gasteiger partial charge in [-0.2, -0.15) is 5.10 Å². The van der Waals surface area contributed by atoms with E-state index >= 15 is 0 Å². The molecule has 3 aromatic rings. The smallest absolute Gasteiger partial charge is 0.165 e. The fraction of sp³-hybridized carbons (Fsp3) is 0.481. The first kappa shape index (κ1) is 27.0. The van der Waals surface area contributed by atoms with Crippen molar-refractivity contribution in [2.75, 3.05) is 33.8 Å². The molecule has 2 atom stereocenters. The van der Waals surface area contributed by atoms with Crippen LogP contribution in [0.1, 0.15) is 39.9 Å². The second kappa shape index (κ2) is 10.8. The fourth-order valence-corrected chi connectivity index (χ4v) is 4.49. The third-order valence-corrected chi connectivity index (χ3v) is 7.12. The van der Waals surface area contributed by atoms with Crippen molar-refractivity contribution in [3.63, 3.8) is 0 Å². The molecule has 0 saturated heterocycles. The van der Waals surface area contributed by atoms with Crippen LogP contribution in [-0.4, -0.2) is 81.8 Å². The minimum Gasteiger partial charge on any atom is -0.491 e. The minimum atomic E-state index is -0.785. The Hall–Kier alpha value is -3.01. The summed E-state index contributed by atoms with van der Waals surface area (Å²) in [4.78, 5) is 11.1. The lowest BCUT2D eigenvalue weighted by atomic mass is 9.79. The van der Waals surface area contributed by atoms with E-state index < -0.39 is 11.0 Å². The van der Waals surface area contributed by atoms with E-state index in [-0.39, 0.29) is 6.04 Å². The van der Waals surface area contributed by atoms with Crippen LogP contribution >= 0.6 is 11.6 Å². The van der Waals surface area contributed by atoms with Gasteiger partial charge >= 0.3 is 0 Å². The zero-order valence-electron chi connectivity index (χ0n) is 22.3. The van der Waals surface area contributed by atoms with Crippen LogP contribution < -0.4 is 4.74 Å². The number of aromatic nitrogens is 3. The molecule has 1 N–H and O–H groups in total. The van der Waals surface area contributed by atoms with Crippen molar-refractivity contribution < 1.29 is 14.4 Å². The maximum Gasteiger partial charge on any atom is 0.165 e. The molecule has 0 radical (unpaired) electrons. The van der Waals surface area contributed by atoms with Gasteiger partial charge in [-0.25, -0.2) is 9.97 Å². The van der Waals surface area contributed by atoms with Crippen molar-refractivity contribution in [1.82, 2.24) is 25.0 Å². The van der Waals surface area contributed by atoms with Gasteiger partial charge in [0.25, 0.3) is 0 Å². The predicted molar refractivity (Wildman–Crippen MR) is 145 cm³/mol. The highest BCUT2D eigenvalue weighted by atomic mass is 35.5. The second-order valence-corrected chi connectivity index (χ2v) is 10.9. The van der Waals surface area contributed by atoms with Gasteiger partial charge < -0.3 is 19.3 Å². The monoisotopic (exact) mass is 526 g/mol. The van der Waals surface area contributed by atoms with Crippen LogP contribution in [0, 0.1) is 0 Å². The van der Waals surface area contributed by atoms with Crippen molar-refractivity contribution in [3.05, 3.63) is 47.4 Å². The van der Waals surface area contributed by atoms with Crippen molar-refractivity contribution >= 4 is 17.8 Å². The minimum absolute atomic E-state index is 0.0608. The third kappa shape index (κ3) is 5.79. The van der Waals surface area contributed by atoms with Gasteiger partial charge in [0.2, 0.25) is 0 Å². The number of hydrazone groups is 1. The maximum atomic E-state index is 10.2. The van der Waals surface area contributed by atoms with E-state index in [4.69, 9.17) is 20.9 Å². The van der Waals surface area contributed by atoms with Crippen LogP contribution in [0.15, 0.2) is 46.3 Å². The highest BCUT2D eigenvalue weighted by Gasteiger charge is 2.46. The van der Waals surface area contributed by atoms with Gasteiger partial charge in [-0.05, 0) is 60.3 Å². The fourth-order valence-electron chi connectivity index (χ4n) is 4.22. The quantitative estimate of drug-likeness (QED) is 0.412. The van der Waals surface area contributed by atoms with Gasteiger partial charge in [0.05, 0.1) is 27.6 Å². The standard InChI is InChI=1S/C27H35ClN6O3/c1-18-27(4,17-31-34(18)14-11-26(2,3)35)24-21(25-29-12-8-13-30-25)23(32-37-24)19-9-7-10-20(22(19)28)36-16-15-33(5)6/h7-10,12-13,17-18,35H,11,14-16H2,1-6H3. The molecule has 3 heterocycles. The molecule has 0 spiro atoms. The van der Waals surface area contributed by atoms with E-state index in [2.05, 4.69) is 34.1 Å². The summed E-state index contributed by atoms with van der Waals surface area (Å²) >= 11 is 6.84. The largest absolute Gasteiger partial charge is 0.491 e. The first-order valence-electron chi connectivity index (χ1n) is 12.4. The predicted octanol–water partition coefficient (Wildman–Crippen LogP) is 4.50. The Morgan fingerprint density at radius 3 is 2.62 bits per heavy atom. The molecule has 0 aliphatic carbocycles. The molecule has 0 fully saturated rings. The summed E-state index contributed by atoms with van der Waals surface area (Å²) < 4.78 is 12.0.